The normalized spacial score (nSPS) is 15.4. The molecule has 1 aliphatic heterocycles. The summed E-state index contributed by atoms with van der Waals surface area (Å²) in [5, 5.41) is 5.84. The maximum absolute atomic E-state index is 13.8. The SMILES string of the molecule is CC(C)OC(=O)C1=CN(C(=O)c2ccc(OCCN(C)C)cc2)CC(C)(C)c2c(C(F)(F)F)n[nH]c21. The standard InChI is InChI=1S/C25H31F3N4O4/c1-15(2)36-23(34)18-13-32(14-24(3,4)19-20(18)29-30-21(19)25(26,27)28)22(33)16-7-9-17(10-8-16)35-12-11-31(5)6/h7-10,13,15H,11-12,14H2,1-6H3,(H,29,30). The van der Waals surface area contributed by atoms with Crippen molar-refractivity contribution in [2.24, 2.45) is 0 Å². The summed E-state index contributed by atoms with van der Waals surface area (Å²) in [6.07, 6.45) is -4.04. The van der Waals surface area contributed by atoms with Crippen molar-refractivity contribution >= 4 is 17.4 Å². The summed E-state index contributed by atoms with van der Waals surface area (Å²) in [7, 11) is 3.85. The van der Waals surface area contributed by atoms with Gasteiger partial charge in [-0.2, -0.15) is 18.3 Å². The second-order valence-corrected chi connectivity index (χ2v) is 9.81. The quantitative estimate of drug-likeness (QED) is 0.567. The Kier molecular flexibility index (Phi) is 7.82. The fourth-order valence-corrected chi connectivity index (χ4v) is 3.94. The molecule has 0 saturated heterocycles. The van der Waals surface area contributed by atoms with E-state index in [1.54, 1.807) is 52.0 Å². The molecule has 0 fully saturated rings. The Morgan fingerprint density at radius 3 is 2.39 bits per heavy atom. The highest BCUT2D eigenvalue weighted by atomic mass is 19.4. The number of esters is 1. The number of hydrogen-bond donors (Lipinski definition) is 1. The van der Waals surface area contributed by atoms with Gasteiger partial charge in [0.05, 0.1) is 11.8 Å². The highest BCUT2D eigenvalue weighted by Crippen LogP contribution is 2.42. The van der Waals surface area contributed by atoms with E-state index in [4.69, 9.17) is 9.47 Å². The predicted molar refractivity (Wildman–Crippen MR) is 127 cm³/mol. The van der Waals surface area contributed by atoms with Gasteiger partial charge in [0, 0.05) is 35.8 Å². The Labute approximate surface area is 208 Å². The van der Waals surface area contributed by atoms with Crippen LogP contribution in [0.25, 0.3) is 5.57 Å². The minimum atomic E-state index is -4.75. The van der Waals surface area contributed by atoms with Crippen molar-refractivity contribution in [3.05, 3.63) is 53.0 Å². The first-order valence-electron chi connectivity index (χ1n) is 11.5. The van der Waals surface area contributed by atoms with E-state index < -0.39 is 35.3 Å². The average molecular weight is 509 g/mol. The van der Waals surface area contributed by atoms with Gasteiger partial charge < -0.3 is 19.3 Å². The highest BCUT2D eigenvalue weighted by Gasteiger charge is 2.46. The van der Waals surface area contributed by atoms with Gasteiger partial charge in [0.1, 0.15) is 17.9 Å². The summed E-state index contributed by atoms with van der Waals surface area (Å²) in [5.41, 5.74) is -2.55. The molecule has 11 heteroatoms. The molecule has 0 atom stereocenters. The molecule has 0 aliphatic carbocycles. The third-order valence-corrected chi connectivity index (χ3v) is 5.56. The molecule has 0 saturated carbocycles. The number of nitrogens with zero attached hydrogens (tertiary/aromatic N) is 3. The molecular formula is C25H31F3N4O4. The van der Waals surface area contributed by atoms with Crippen LogP contribution in [0.3, 0.4) is 0 Å². The van der Waals surface area contributed by atoms with Crippen LogP contribution in [0.2, 0.25) is 0 Å². The lowest BCUT2D eigenvalue weighted by Gasteiger charge is -2.30. The summed E-state index contributed by atoms with van der Waals surface area (Å²) < 4.78 is 52.3. The minimum Gasteiger partial charge on any atom is -0.492 e. The van der Waals surface area contributed by atoms with Crippen molar-refractivity contribution in [2.45, 2.75) is 45.4 Å². The van der Waals surface area contributed by atoms with Crippen LogP contribution in [0, 0.1) is 0 Å². The lowest BCUT2D eigenvalue weighted by Crippen LogP contribution is -2.37. The molecule has 196 valence electrons. The zero-order chi connectivity index (χ0) is 26.8. The molecule has 1 aromatic heterocycles. The number of aromatic amines is 1. The number of rotatable bonds is 7. The van der Waals surface area contributed by atoms with E-state index in [0.29, 0.717) is 17.9 Å². The number of ether oxygens (including phenoxy) is 2. The number of carbonyl (C=O) groups excluding carboxylic acids is 2. The maximum Gasteiger partial charge on any atom is 0.435 e. The number of carbonyl (C=O) groups is 2. The summed E-state index contributed by atoms with van der Waals surface area (Å²) >= 11 is 0. The molecule has 2 heterocycles. The monoisotopic (exact) mass is 508 g/mol. The summed E-state index contributed by atoms with van der Waals surface area (Å²) in [6, 6.07) is 6.45. The number of fused-ring (bicyclic) bond motifs is 1. The smallest absolute Gasteiger partial charge is 0.435 e. The van der Waals surface area contributed by atoms with Crippen LogP contribution in [0.1, 0.15) is 55.0 Å². The van der Waals surface area contributed by atoms with E-state index in [1.807, 2.05) is 19.0 Å². The molecule has 0 radical (unpaired) electrons. The van der Waals surface area contributed by atoms with Crippen LogP contribution in [0.5, 0.6) is 5.75 Å². The van der Waals surface area contributed by atoms with Crippen molar-refractivity contribution in [3.8, 4) is 5.75 Å². The van der Waals surface area contributed by atoms with E-state index in [9.17, 15) is 22.8 Å². The zero-order valence-corrected chi connectivity index (χ0v) is 21.2. The van der Waals surface area contributed by atoms with Crippen LogP contribution in [0.4, 0.5) is 13.2 Å². The Morgan fingerprint density at radius 2 is 1.83 bits per heavy atom. The van der Waals surface area contributed by atoms with Gasteiger partial charge in [0.15, 0.2) is 5.69 Å². The first kappa shape index (κ1) is 27.3. The van der Waals surface area contributed by atoms with Crippen LogP contribution in [0.15, 0.2) is 30.5 Å². The number of nitrogens with one attached hydrogen (secondary N) is 1. The second kappa shape index (κ2) is 10.3. The first-order chi connectivity index (χ1) is 16.7. The second-order valence-electron chi connectivity index (χ2n) is 9.81. The summed E-state index contributed by atoms with van der Waals surface area (Å²) in [4.78, 5) is 29.6. The van der Waals surface area contributed by atoms with Crippen LogP contribution >= 0.6 is 0 Å². The van der Waals surface area contributed by atoms with E-state index in [0.717, 1.165) is 6.54 Å². The van der Waals surface area contributed by atoms with Gasteiger partial charge in [-0.15, -0.1) is 0 Å². The third-order valence-electron chi connectivity index (χ3n) is 5.56. The molecule has 0 unspecified atom stereocenters. The molecule has 36 heavy (non-hydrogen) atoms. The van der Waals surface area contributed by atoms with Crippen molar-refractivity contribution < 1.29 is 32.2 Å². The van der Waals surface area contributed by atoms with Crippen LogP contribution in [-0.4, -0.2) is 71.8 Å². The van der Waals surface area contributed by atoms with E-state index in [1.165, 1.54) is 11.1 Å². The number of halogens is 3. The lowest BCUT2D eigenvalue weighted by atomic mass is 9.81. The summed E-state index contributed by atoms with van der Waals surface area (Å²) in [5.74, 6) is -0.759. The molecule has 1 amide bonds. The molecule has 2 aromatic rings. The van der Waals surface area contributed by atoms with Gasteiger partial charge in [-0.3, -0.25) is 9.89 Å². The average Bonchev–Trinajstić information content (AvgIpc) is 3.18. The number of likely N-dealkylation sites (N-methyl/N-ethyl adjacent to an activating group) is 1. The van der Waals surface area contributed by atoms with Crippen molar-refractivity contribution in [2.75, 3.05) is 33.8 Å². The van der Waals surface area contributed by atoms with Crippen molar-refractivity contribution in [3.63, 3.8) is 0 Å². The molecule has 1 aromatic carbocycles. The maximum atomic E-state index is 13.8. The summed E-state index contributed by atoms with van der Waals surface area (Å²) in [6.45, 7) is 7.46. The van der Waals surface area contributed by atoms with Gasteiger partial charge in [-0.1, -0.05) is 13.8 Å². The predicted octanol–water partition coefficient (Wildman–Crippen LogP) is 4.10. The lowest BCUT2D eigenvalue weighted by molar-refractivity contribution is -0.142. The number of H-pyrrole nitrogens is 1. The van der Waals surface area contributed by atoms with Gasteiger partial charge in [0.25, 0.3) is 5.91 Å². The minimum absolute atomic E-state index is 0.113. The zero-order valence-electron chi connectivity index (χ0n) is 21.2. The van der Waals surface area contributed by atoms with Gasteiger partial charge in [0.2, 0.25) is 0 Å². The van der Waals surface area contributed by atoms with Crippen molar-refractivity contribution in [1.29, 1.82) is 0 Å². The fourth-order valence-electron chi connectivity index (χ4n) is 3.94. The van der Waals surface area contributed by atoms with E-state index >= 15 is 0 Å². The third kappa shape index (κ3) is 6.07. The molecule has 8 nitrogen and oxygen atoms in total. The molecule has 1 N–H and O–H groups in total. The van der Waals surface area contributed by atoms with Gasteiger partial charge in [-0.05, 0) is 52.2 Å². The number of benzene rings is 1. The molecule has 0 spiro atoms. The first-order valence-corrected chi connectivity index (χ1v) is 11.5. The Morgan fingerprint density at radius 1 is 1.19 bits per heavy atom. The van der Waals surface area contributed by atoms with E-state index in [-0.39, 0.29) is 23.4 Å². The Bertz CT molecular complexity index is 1140. The Hall–Kier alpha value is -3.34. The molecule has 0 bridgehead atoms. The fraction of sp³-hybridized carbons (Fsp3) is 0.480. The number of aromatic nitrogens is 2. The topological polar surface area (TPSA) is 87.8 Å². The van der Waals surface area contributed by atoms with Gasteiger partial charge in [-0.25, -0.2) is 4.79 Å². The highest BCUT2D eigenvalue weighted by molar-refractivity contribution is 6.17. The van der Waals surface area contributed by atoms with Crippen LogP contribution in [-0.2, 0) is 21.1 Å². The van der Waals surface area contributed by atoms with E-state index in [2.05, 4.69) is 10.2 Å². The molecule has 3 rings (SSSR count). The molecular weight excluding hydrogens is 477 g/mol. The molecule has 1 aliphatic rings. The van der Waals surface area contributed by atoms with Crippen LogP contribution < -0.4 is 4.74 Å². The van der Waals surface area contributed by atoms with Crippen molar-refractivity contribution in [1.82, 2.24) is 20.0 Å². The van der Waals surface area contributed by atoms with Gasteiger partial charge >= 0.3 is 12.1 Å². The Balaban J connectivity index is 1.99. The number of alkyl halides is 3. The number of hydrogen-bond acceptors (Lipinski definition) is 6. The largest absolute Gasteiger partial charge is 0.492 e. The number of amides is 1.